The summed E-state index contributed by atoms with van der Waals surface area (Å²) in [6.45, 7) is 6.71. The molecule has 1 saturated heterocycles. The van der Waals surface area contributed by atoms with Crippen molar-refractivity contribution < 1.29 is 9.53 Å². The van der Waals surface area contributed by atoms with Crippen LogP contribution in [0.25, 0.3) is 0 Å². The molecule has 3 rings (SSSR count). The van der Waals surface area contributed by atoms with Crippen molar-refractivity contribution in [2.75, 3.05) is 0 Å². The van der Waals surface area contributed by atoms with E-state index in [-0.39, 0.29) is 23.7 Å². The number of carbonyl (C=O) groups is 1. The van der Waals surface area contributed by atoms with Gasteiger partial charge in [-0.1, -0.05) is 68.8 Å². The van der Waals surface area contributed by atoms with Gasteiger partial charge in [0.2, 0.25) is 0 Å². The zero-order valence-corrected chi connectivity index (χ0v) is 15.6. The molecular formula is C21H24ClNO2. The third-order valence-corrected chi connectivity index (χ3v) is 4.53. The number of halogens is 1. The third-order valence-electron chi connectivity index (χ3n) is 4.29. The van der Waals surface area contributed by atoms with E-state index in [0.29, 0.717) is 5.02 Å². The van der Waals surface area contributed by atoms with Gasteiger partial charge in [-0.3, -0.25) is 0 Å². The second-order valence-electron chi connectivity index (χ2n) is 7.89. The highest BCUT2D eigenvalue weighted by Gasteiger charge is 2.35. The van der Waals surface area contributed by atoms with Crippen molar-refractivity contribution >= 4 is 17.7 Å². The minimum absolute atomic E-state index is 0.0977. The number of carbonyl (C=O) groups excluding carboxylic acids is 1. The first kappa shape index (κ1) is 17.8. The van der Waals surface area contributed by atoms with Gasteiger partial charge in [0.1, 0.15) is 6.10 Å². The summed E-state index contributed by atoms with van der Waals surface area (Å²) in [5.41, 5.74) is 3.70. The Morgan fingerprint density at radius 2 is 1.76 bits per heavy atom. The van der Waals surface area contributed by atoms with Crippen LogP contribution in [0.15, 0.2) is 48.5 Å². The summed E-state index contributed by atoms with van der Waals surface area (Å²) in [6, 6.07) is 16.0. The van der Waals surface area contributed by atoms with Crippen LogP contribution < -0.4 is 5.32 Å². The molecule has 0 saturated carbocycles. The van der Waals surface area contributed by atoms with Crippen molar-refractivity contribution in [3.05, 3.63) is 70.2 Å². The molecule has 0 radical (unpaired) electrons. The highest BCUT2D eigenvalue weighted by Crippen LogP contribution is 2.30. The van der Waals surface area contributed by atoms with E-state index in [1.165, 1.54) is 11.1 Å². The minimum Gasteiger partial charge on any atom is -0.439 e. The highest BCUT2D eigenvalue weighted by molar-refractivity contribution is 6.30. The van der Waals surface area contributed by atoms with Crippen molar-refractivity contribution in [2.45, 2.75) is 45.8 Å². The van der Waals surface area contributed by atoms with Crippen LogP contribution in [0.5, 0.6) is 0 Å². The first-order chi connectivity index (χ1) is 11.8. The largest absolute Gasteiger partial charge is 0.439 e. The van der Waals surface area contributed by atoms with Crippen molar-refractivity contribution in [2.24, 2.45) is 5.41 Å². The molecule has 1 fully saturated rings. The van der Waals surface area contributed by atoms with Crippen LogP contribution in [0.2, 0.25) is 5.02 Å². The first-order valence-electron chi connectivity index (χ1n) is 8.61. The topological polar surface area (TPSA) is 38.3 Å². The molecule has 132 valence electrons. The fourth-order valence-electron chi connectivity index (χ4n) is 3.26. The number of ether oxygens (including phenoxy) is 1. The van der Waals surface area contributed by atoms with E-state index < -0.39 is 0 Å². The number of nitrogens with one attached hydrogen (secondary N) is 1. The predicted octanol–water partition coefficient (Wildman–Crippen LogP) is 5.32. The fraction of sp³-hybridized carbons (Fsp3) is 0.381. The Labute approximate surface area is 154 Å². The number of hydrogen-bond acceptors (Lipinski definition) is 2. The van der Waals surface area contributed by atoms with E-state index >= 15 is 0 Å². The summed E-state index contributed by atoms with van der Waals surface area (Å²) < 4.78 is 5.47. The fourth-order valence-corrected chi connectivity index (χ4v) is 3.46. The minimum atomic E-state index is -0.376. The molecule has 0 aromatic heterocycles. The Bertz CT molecular complexity index is 749. The predicted molar refractivity (Wildman–Crippen MR) is 101 cm³/mol. The molecule has 0 spiro atoms. The zero-order chi connectivity index (χ0) is 18.0. The molecule has 3 nitrogen and oxygen atoms in total. The van der Waals surface area contributed by atoms with Gasteiger partial charge in [-0.15, -0.1) is 0 Å². The normalized spacial score (nSPS) is 20.2. The van der Waals surface area contributed by atoms with E-state index in [9.17, 15) is 4.79 Å². The summed E-state index contributed by atoms with van der Waals surface area (Å²) in [6.07, 6.45) is 1.07. The number of benzene rings is 2. The monoisotopic (exact) mass is 357 g/mol. The molecule has 2 aromatic rings. The van der Waals surface area contributed by atoms with E-state index in [0.717, 1.165) is 18.4 Å². The second kappa shape index (κ2) is 7.09. The van der Waals surface area contributed by atoms with E-state index in [2.05, 4.69) is 50.4 Å². The Hall–Kier alpha value is -2.00. The lowest BCUT2D eigenvalue weighted by molar-refractivity contribution is 0.132. The van der Waals surface area contributed by atoms with Crippen molar-refractivity contribution in [3.63, 3.8) is 0 Å². The van der Waals surface area contributed by atoms with Gasteiger partial charge in [-0.05, 0) is 47.1 Å². The summed E-state index contributed by atoms with van der Waals surface area (Å²) in [5.74, 6) is 0. The van der Waals surface area contributed by atoms with Crippen molar-refractivity contribution in [1.29, 1.82) is 0 Å². The Morgan fingerprint density at radius 3 is 2.40 bits per heavy atom. The maximum Gasteiger partial charge on any atom is 0.408 e. The van der Waals surface area contributed by atoms with Gasteiger partial charge in [-0.25, -0.2) is 4.79 Å². The molecule has 1 heterocycles. The Balaban J connectivity index is 1.73. The molecule has 25 heavy (non-hydrogen) atoms. The number of cyclic esters (lactones) is 1. The molecular weight excluding hydrogens is 334 g/mol. The van der Waals surface area contributed by atoms with Crippen LogP contribution in [0.3, 0.4) is 0 Å². The molecule has 4 heteroatoms. The third kappa shape index (κ3) is 4.76. The van der Waals surface area contributed by atoms with Crippen LogP contribution in [0.1, 0.15) is 43.6 Å². The first-order valence-corrected chi connectivity index (χ1v) is 8.98. The Kier molecular flexibility index (Phi) is 5.05. The van der Waals surface area contributed by atoms with Crippen molar-refractivity contribution in [1.82, 2.24) is 5.32 Å². The van der Waals surface area contributed by atoms with E-state index in [4.69, 9.17) is 16.3 Å². The van der Waals surface area contributed by atoms with Gasteiger partial charge in [0.15, 0.2) is 0 Å². The molecule has 1 aliphatic heterocycles. The molecule has 2 aromatic carbocycles. The van der Waals surface area contributed by atoms with Crippen molar-refractivity contribution in [3.8, 4) is 0 Å². The molecule has 0 bridgehead atoms. The summed E-state index contributed by atoms with van der Waals surface area (Å²) in [7, 11) is 0. The summed E-state index contributed by atoms with van der Waals surface area (Å²) in [4.78, 5) is 11.8. The summed E-state index contributed by atoms with van der Waals surface area (Å²) >= 11 is 6.08. The quantitative estimate of drug-likeness (QED) is 0.804. The van der Waals surface area contributed by atoms with Gasteiger partial charge in [0.25, 0.3) is 0 Å². The van der Waals surface area contributed by atoms with Crippen LogP contribution >= 0.6 is 11.6 Å². The maximum atomic E-state index is 11.8. The van der Waals surface area contributed by atoms with Crippen LogP contribution in [0.4, 0.5) is 4.79 Å². The molecule has 1 aliphatic rings. The van der Waals surface area contributed by atoms with Crippen LogP contribution in [0, 0.1) is 5.41 Å². The van der Waals surface area contributed by atoms with Gasteiger partial charge in [-0.2, -0.15) is 0 Å². The number of hydrogen-bond donors (Lipinski definition) is 1. The smallest absolute Gasteiger partial charge is 0.408 e. The van der Waals surface area contributed by atoms with Gasteiger partial charge in [0.05, 0.1) is 6.04 Å². The number of rotatable bonds is 4. The SMILES string of the molecule is CC(C)(C)Cc1ccc(CC2NC(=O)OC2c2cccc(Cl)c2)cc1. The van der Waals surface area contributed by atoms with E-state index in [1.807, 2.05) is 24.3 Å². The second-order valence-corrected chi connectivity index (χ2v) is 8.33. The van der Waals surface area contributed by atoms with Crippen LogP contribution in [-0.2, 0) is 17.6 Å². The number of amides is 1. The lowest BCUT2D eigenvalue weighted by Crippen LogP contribution is -2.30. The molecule has 0 aliphatic carbocycles. The lowest BCUT2D eigenvalue weighted by Gasteiger charge is -2.19. The van der Waals surface area contributed by atoms with Gasteiger partial charge < -0.3 is 10.1 Å². The zero-order valence-electron chi connectivity index (χ0n) is 14.9. The highest BCUT2D eigenvalue weighted by atomic mass is 35.5. The standard InChI is InChI=1S/C21H24ClNO2/c1-21(2,3)13-15-9-7-14(8-10-15)11-18-19(25-20(24)23-18)16-5-4-6-17(22)12-16/h4-10,12,18-19H,11,13H2,1-3H3,(H,23,24). The summed E-state index contributed by atoms with van der Waals surface area (Å²) in [5, 5.41) is 3.56. The maximum absolute atomic E-state index is 11.8. The molecule has 2 atom stereocenters. The Morgan fingerprint density at radius 1 is 1.08 bits per heavy atom. The lowest BCUT2D eigenvalue weighted by atomic mass is 9.87. The average molecular weight is 358 g/mol. The average Bonchev–Trinajstić information content (AvgIpc) is 2.88. The number of alkyl carbamates (subject to hydrolysis) is 1. The van der Waals surface area contributed by atoms with Gasteiger partial charge in [0, 0.05) is 5.02 Å². The van der Waals surface area contributed by atoms with E-state index in [1.54, 1.807) is 0 Å². The van der Waals surface area contributed by atoms with Gasteiger partial charge >= 0.3 is 6.09 Å². The molecule has 1 amide bonds. The molecule has 2 unspecified atom stereocenters. The molecule has 1 N–H and O–H groups in total. The van der Waals surface area contributed by atoms with Crippen LogP contribution in [-0.4, -0.2) is 12.1 Å².